The Morgan fingerprint density at radius 3 is 2.60 bits per heavy atom. The molecule has 3 rings (SSSR count). The molecule has 0 fully saturated rings. The molecule has 0 aliphatic carbocycles. The molecule has 1 amide bonds. The minimum Gasteiger partial charge on any atom is -0.394 e. The Morgan fingerprint density at radius 1 is 1.27 bits per heavy atom. The van der Waals surface area contributed by atoms with Gasteiger partial charge in [0.05, 0.1) is 12.3 Å². The zero-order valence-electron chi connectivity index (χ0n) is 15.9. The van der Waals surface area contributed by atoms with Gasteiger partial charge in [0.25, 0.3) is 5.91 Å². The lowest BCUT2D eigenvalue weighted by atomic mass is 10.0. The van der Waals surface area contributed by atoms with Crippen molar-refractivity contribution in [2.75, 3.05) is 6.61 Å². The highest BCUT2D eigenvalue weighted by atomic mass is 19.4. The lowest BCUT2D eigenvalue weighted by molar-refractivity contribution is -0.146. The van der Waals surface area contributed by atoms with Gasteiger partial charge in [-0.25, -0.2) is 14.1 Å². The summed E-state index contributed by atoms with van der Waals surface area (Å²) < 4.78 is 55.4. The van der Waals surface area contributed by atoms with E-state index in [2.05, 4.69) is 20.4 Å². The molecule has 1 aromatic carbocycles. The fourth-order valence-electron chi connectivity index (χ4n) is 2.67. The Bertz CT molecular complexity index is 1060. The molecule has 0 spiro atoms. The minimum absolute atomic E-state index is 0.123. The van der Waals surface area contributed by atoms with Crippen LogP contribution in [0.15, 0.2) is 36.8 Å². The Kier molecular flexibility index (Phi) is 5.83. The van der Waals surface area contributed by atoms with Crippen LogP contribution in [-0.4, -0.2) is 43.4 Å². The molecule has 2 N–H and O–H groups in total. The van der Waals surface area contributed by atoms with Crippen molar-refractivity contribution < 1.29 is 27.5 Å². The smallest absolute Gasteiger partial charge is 0.394 e. The average Bonchev–Trinajstić information content (AvgIpc) is 3.19. The number of amides is 1. The Balaban J connectivity index is 2.22. The van der Waals surface area contributed by atoms with Crippen LogP contribution < -0.4 is 5.32 Å². The lowest BCUT2D eigenvalue weighted by Gasteiger charge is -2.16. The molecule has 7 nitrogen and oxygen atoms in total. The number of benzene rings is 1. The highest BCUT2D eigenvalue weighted by molar-refractivity contribution is 5.96. The number of hydrogen-bond acceptors (Lipinski definition) is 5. The third kappa shape index (κ3) is 4.30. The number of nitrogens with one attached hydrogen (secondary N) is 1. The number of aromatic nitrogens is 4. The van der Waals surface area contributed by atoms with Crippen molar-refractivity contribution >= 4 is 5.91 Å². The lowest BCUT2D eigenvalue weighted by Crippen LogP contribution is -2.35. The number of carbonyl (C=O) groups is 1. The molecule has 3 aromatic rings. The normalized spacial score (nSPS) is 12.6. The van der Waals surface area contributed by atoms with Gasteiger partial charge in [0.1, 0.15) is 12.0 Å². The van der Waals surface area contributed by atoms with E-state index in [4.69, 9.17) is 5.11 Å². The van der Waals surface area contributed by atoms with Crippen molar-refractivity contribution in [2.24, 2.45) is 0 Å². The van der Waals surface area contributed by atoms with Gasteiger partial charge in [-0.05, 0) is 37.6 Å². The summed E-state index contributed by atoms with van der Waals surface area (Å²) in [5.74, 6) is -3.19. The third-order valence-corrected chi connectivity index (χ3v) is 4.18. The molecule has 0 saturated carbocycles. The van der Waals surface area contributed by atoms with Crippen molar-refractivity contribution in [3.8, 4) is 16.9 Å². The maximum atomic E-state index is 15.3. The first-order chi connectivity index (χ1) is 14.1. The van der Waals surface area contributed by atoms with Gasteiger partial charge in [-0.2, -0.15) is 18.3 Å². The molecule has 0 aliphatic heterocycles. The fraction of sp³-hybridized carbons (Fsp3) is 0.263. The molecule has 158 valence electrons. The van der Waals surface area contributed by atoms with Crippen molar-refractivity contribution in [3.63, 3.8) is 0 Å². The number of aliphatic hydroxyl groups is 1. The molecule has 2 heterocycles. The van der Waals surface area contributed by atoms with Crippen LogP contribution in [0.3, 0.4) is 0 Å². The molecule has 0 saturated heterocycles. The average molecular weight is 423 g/mol. The molecule has 0 aliphatic rings. The number of nitrogens with zero attached hydrogens (tertiary/aromatic N) is 4. The van der Waals surface area contributed by atoms with Gasteiger partial charge in [-0.3, -0.25) is 9.78 Å². The number of carbonyl (C=O) groups excluding carboxylic acids is 1. The third-order valence-electron chi connectivity index (χ3n) is 4.18. The molecule has 0 bridgehead atoms. The van der Waals surface area contributed by atoms with E-state index in [0.717, 1.165) is 11.6 Å². The first kappa shape index (κ1) is 21.4. The van der Waals surface area contributed by atoms with Gasteiger partial charge >= 0.3 is 6.18 Å². The summed E-state index contributed by atoms with van der Waals surface area (Å²) in [6.45, 7) is 2.95. The SMILES string of the molecule is Cc1ccc(-c2cc(C(=O)NC(C)CO)cc(-n3ncnc3C(F)(F)F)c2F)nc1. The highest BCUT2D eigenvalue weighted by Crippen LogP contribution is 2.32. The summed E-state index contributed by atoms with van der Waals surface area (Å²) in [7, 11) is 0. The predicted octanol–water partition coefficient (Wildman–Crippen LogP) is 2.91. The van der Waals surface area contributed by atoms with Crippen molar-refractivity contribution in [3.05, 3.63) is 59.6 Å². The number of alkyl halides is 3. The predicted molar refractivity (Wildman–Crippen MR) is 98.3 cm³/mol. The van der Waals surface area contributed by atoms with E-state index in [1.54, 1.807) is 13.0 Å². The summed E-state index contributed by atoms with van der Waals surface area (Å²) in [5.41, 5.74) is -0.00862. The van der Waals surface area contributed by atoms with Crippen LogP contribution in [0.5, 0.6) is 0 Å². The summed E-state index contributed by atoms with van der Waals surface area (Å²) in [4.78, 5) is 19.8. The number of halogens is 4. The number of hydrogen-bond donors (Lipinski definition) is 2. The molecule has 30 heavy (non-hydrogen) atoms. The van der Waals surface area contributed by atoms with Crippen LogP contribution >= 0.6 is 0 Å². The Hall–Kier alpha value is -3.34. The molecule has 1 atom stereocenters. The van der Waals surface area contributed by atoms with E-state index in [-0.39, 0.29) is 23.4 Å². The van der Waals surface area contributed by atoms with Crippen molar-refractivity contribution in [1.29, 1.82) is 0 Å². The van der Waals surface area contributed by atoms with Gasteiger partial charge in [-0.1, -0.05) is 6.07 Å². The van der Waals surface area contributed by atoms with Crippen LogP contribution in [0.2, 0.25) is 0 Å². The maximum absolute atomic E-state index is 15.3. The fourth-order valence-corrected chi connectivity index (χ4v) is 2.67. The van der Waals surface area contributed by atoms with Gasteiger partial charge in [-0.15, -0.1) is 0 Å². The van der Waals surface area contributed by atoms with Gasteiger partial charge < -0.3 is 10.4 Å². The summed E-state index contributed by atoms with van der Waals surface area (Å²) in [6, 6.07) is 4.64. The number of rotatable bonds is 5. The molecule has 11 heteroatoms. The number of pyridine rings is 1. The maximum Gasteiger partial charge on any atom is 0.451 e. The van der Waals surface area contributed by atoms with Gasteiger partial charge in [0.2, 0.25) is 5.82 Å². The summed E-state index contributed by atoms with van der Waals surface area (Å²) >= 11 is 0. The van der Waals surface area contributed by atoms with E-state index in [1.807, 2.05) is 0 Å². The summed E-state index contributed by atoms with van der Waals surface area (Å²) in [6.07, 6.45) is -2.78. The van der Waals surface area contributed by atoms with E-state index >= 15 is 4.39 Å². The second-order valence-electron chi connectivity index (χ2n) is 6.63. The first-order valence-corrected chi connectivity index (χ1v) is 8.77. The minimum atomic E-state index is -4.89. The van der Waals surface area contributed by atoms with Crippen LogP contribution in [0.4, 0.5) is 17.6 Å². The van der Waals surface area contributed by atoms with Crippen molar-refractivity contribution in [2.45, 2.75) is 26.1 Å². The topological polar surface area (TPSA) is 92.9 Å². The quantitative estimate of drug-likeness (QED) is 0.616. The van der Waals surface area contributed by atoms with Gasteiger partial charge in [0.15, 0.2) is 5.82 Å². The van der Waals surface area contributed by atoms with Crippen LogP contribution in [-0.2, 0) is 6.18 Å². The van der Waals surface area contributed by atoms with E-state index in [9.17, 15) is 18.0 Å². The molecular weight excluding hydrogens is 406 g/mol. The van der Waals surface area contributed by atoms with Crippen molar-refractivity contribution in [1.82, 2.24) is 25.1 Å². The largest absolute Gasteiger partial charge is 0.451 e. The Morgan fingerprint density at radius 2 is 2.00 bits per heavy atom. The monoisotopic (exact) mass is 423 g/mol. The molecular formula is C19H17F4N5O2. The Labute approximate surface area is 168 Å². The zero-order chi connectivity index (χ0) is 22.1. The standard InChI is InChI=1S/C19H17F4N5O2/c1-10-3-4-14(24-7-10)13-5-12(17(30)27-11(2)8-29)6-15(16(13)20)28-18(19(21,22)23)25-9-26-28/h3-7,9,11,29H,8H2,1-2H3,(H,27,30). The zero-order valence-corrected chi connectivity index (χ0v) is 15.9. The van der Waals surface area contributed by atoms with Crippen LogP contribution in [0, 0.1) is 12.7 Å². The molecule has 1 unspecified atom stereocenters. The van der Waals surface area contributed by atoms with E-state index < -0.39 is 35.5 Å². The van der Waals surface area contributed by atoms with Gasteiger partial charge in [0, 0.05) is 23.4 Å². The highest BCUT2D eigenvalue weighted by Gasteiger charge is 2.38. The summed E-state index contributed by atoms with van der Waals surface area (Å²) in [5, 5.41) is 15.1. The van der Waals surface area contributed by atoms with Crippen LogP contribution in [0.1, 0.15) is 28.7 Å². The molecule has 2 aromatic heterocycles. The second kappa shape index (κ2) is 8.19. The van der Waals surface area contributed by atoms with E-state index in [0.29, 0.717) is 11.0 Å². The first-order valence-electron chi connectivity index (χ1n) is 8.77. The molecule has 0 radical (unpaired) electrons. The van der Waals surface area contributed by atoms with E-state index in [1.165, 1.54) is 25.3 Å². The number of aliphatic hydroxyl groups excluding tert-OH is 1. The van der Waals surface area contributed by atoms with Crippen LogP contribution in [0.25, 0.3) is 16.9 Å². The number of aryl methyl sites for hydroxylation is 1. The second-order valence-corrected chi connectivity index (χ2v) is 6.63.